The number of amides is 3. The third-order valence-corrected chi connectivity index (χ3v) is 6.04. The molecule has 0 bridgehead atoms. The number of hydrogen-bond donors (Lipinski definition) is 1. The maximum Gasteiger partial charge on any atom is 0.434 e. The van der Waals surface area contributed by atoms with Crippen LogP contribution in [-0.4, -0.2) is 87.1 Å². The van der Waals surface area contributed by atoms with Crippen LogP contribution in [0.3, 0.4) is 0 Å². The van der Waals surface area contributed by atoms with Crippen LogP contribution in [0.4, 0.5) is 35.5 Å². The van der Waals surface area contributed by atoms with E-state index >= 15 is 0 Å². The molecule has 1 N–H and O–H groups in total. The van der Waals surface area contributed by atoms with Crippen LogP contribution in [0.2, 0.25) is 0 Å². The number of fused-ring (bicyclic) bond motifs is 1. The Morgan fingerprint density at radius 3 is 2.14 bits per heavy atom. The molecule has 1 aromatic rings. The number of carbonyl (C=O) groups excluding carboxylic acids is 3. The van der Waals surface area contributed by atoms with Gasteiger partial charge in [-0.2, -0.15) is 26.3 Å². The zero-order valence-corrected chi connectivity index (χ0v) is 19.2. The second kappa shape index (κ2) is 9.76. The minimum Gasteiger partial charge on any atom is -0.426 e. The number of nitrogens with one attached hydrogen (secondary N) is 1. The fraction of sp³-hybridized carbons (Fsp3) is 0.700. The number of imidazole rings is 1. The topological polar surface area (TPSA) is 96.8 Å². The Bertz CT molecular complexity index is 986. The number of hydrogen-bond acceptors (Lipinski definition) is 5. The molecule has 202 valence electrons. The van der Waals surface area contributed by atoms with Gasteiger partial charge >= 0.3 is 18.4 Å². The Hall–Kier alpha value is -3.07. The van der Waals surface area contributed by atoms with Gasteiger partial charge in [0.05, 0.1) is 6.54 Å². The molecule has 0 aromatic carbocycles. The molecule has 2 aliphatic heterocycles. The summed E-state index contributed by atoms with van der Waals surface area (Å²) in [5.41, 5.74) is -0.911. The lowest BCUT2D eigenvalue weighted by molar-refractivity contribution is -0.308. The van der Waals surface area contributed by atoms with Gasteiger partial charge in [-0.05, 0) is 26.7 Å². The van der Waals surface area contributed by atoms with Gasteiger partial charge in [-0.15, -0.1) is 0 Å². The Balaban J connectivity index is 1.58. The maximum absolute atomic E-state index is 13.3. The van der Waals surface area contributed by atoms with E-state index in [1.54, 1.807) is 11.5 Å². The second-order valence-corrected chi connectivity index (χ2v) is 8.96. The minimum atomic E-state index is -5.82. The first-order chi connectivity index (χ1) is 16.5. The normalized spacial score (nSPS) is 19.1. The van der Waals surface area contributed by atoms with E-state index in [-0.39, 0.29) is 44.7 Å². The predicted octanol–water partition coefficient (Wildman–Crippen LogP) is 2.80. The first kappa shape index (κ1) is 27.5. The lowest BCUT2D eigenvalue weighted by atomic mass is 9.89. The molecule has 1 saturated heterocycles. The number of piperidine rings is 1. The molecule has 0 radical (unpaired) electrons. The van der Waals surface area contributed by atoms with Crippen molar-refractivity contribution in [2.45, 2.75) is 69.9 Å². The average Bonchev–Trinajstić information content (AvgIpc) is 3.19. The highest BCUT2D eigenvalue weighted by molar-refractivity contribution is 5.92. The molecule has 0 spiro atoms. The molecule has 1 atom stereocenters. The highest BCUT2D eigenvalue weighted by atomic mass is 19.4. The Kier molecular flexibility index (Phi) is 7.46. The summed E-state index contributed by atoms with van der Waals surface area (Å²) in [6, 6.07) is 0. The van der Waals surface area contributed by atoms with E-state index in [0.717, 1.165) is 6.92 Å². The van der Waals surface area contributed by atoms with Crippen LogP contribution in [-0.2, 0) is 22.6 Å². The van der Waals surface area contributed by atoms with Crippen molar-refractivity contribution >= 4 is 17.9 Å². The summed E-state index contributed by atoms with van der Waals surface area (Å²) in [5, 5.41) is 2.73. The Morgan fingerprint density at radius 2 is 1.61 bits per heavy atom. The second-order valence-electron chi connectivity index (χ2n) is 8.96. The van der Waals surface area contributed by atoms with E-state index in [0.29, 0.717) is 17.3 Å². The monoisotopic (exact) mass is 531 g/mol. The molecule has 3 rings (SSSR count). The Labute approximate surface area is 200 Å². The fourth-order valence-corrected chi connectivity index (χ4v) is 3.94. The molecule has 9 nitrogen and oxygen atoms in total. The van der Waals surface area contributed by atoms with E-state index in [4.69, 9.17) is 0 Å². The van der Waals surface area contributed by atoms with Crippen molar-refractivity contribution < 1.29 is 49.9 Å². The molecule has 0 saturated carbocycles. The van der Waals surface area contributed by atoms with Crippen LogP contribution in [0.15, 0.2) is 6.20 Å². The summed E-state index contributed by atoms with van der Waals surface area (Å²) in [7, 11) is 0. The summed E-state index contributed by atoms with van der Waals surface area (Å²) in [5.74, 6) is -0.904. The van der Waals surface area contributed by atoms with Gasteiger partial charge in [0.15, 0.2) is 6.17 Å². The number of likely N-dealkylation sites (tertiary alicyclic amines) is 1. The van der Waals surface area contributed by atoms with Crippen molar-refractivity contribution in [2.24, 2.45) is 0 Å². The number of ether oxygens (including phenoxy) is 1. The molecular formula is C20H24F7N5O4. The van der Waals surface area contributed by atoms with Gasteiger partial charge in [-0.1, -0.05) is 0 Å². The van der Waals surface area contributed by atoms with E-state index in [9.17, 15) is 45.1 Å². The molecule has 3 amide bonds. The molecule has 3 heterocycles. The minimum absolute atomic E-state index is 0.0194. The SMILES string of the molecule is CC(F)C(=O)N1CCn2cc(C(=O)NC3(C)CCN(C(=O)OC(C(F)(F)F)C(F)(F)F)CC3)nc2C1. The van der Waals surface area contributed by atoms with Crippen molar-refractivity contribution in [1.82, 2.24) is 24.7 Å². The third-order valence-electron chi connectivity index (χ3n) is 6.04. The quantitative estimate of drug-likeness (QED) is 0.603. The molecule has 16 heteroatoms. The maximum atomic E-state index is 13.3. The largest absolute Gasteiger partial charge is 0.434 e. The van der Waals surface area contributed by atoms with Gasteiger partial charge in [0, 0.05) is 37.9 Å². The predicted molar refractivity (Wildman–Crippen MR) is 107 cm³/mol. The van der Waals surface area contributed by atoms with Crippen molar-refractivity contribution in [3.8, 4) is 0 Å². The van der Waals surface area contributed by atoms with Gasteiger partial charge in [0.25, 0.3) is 17.9 Å². The van der Waals surface area contributed by atoms with E-state index in [2.05, 4.69) is 15.0 Å². The summed E-state index contributed by atoms with van der Waals surface area (Å²) in [4.78, 5) is 42.8. The van der Waals surface area contributed by atoms with Gasteiger partial charge in [0.2, 0.25) is 0 Å². The third kappa shape index (κ3) is 6.19. The van der Waals surface area contributed by atoms with Crippen molar-refractivity contribution in [2.75, 3.05) is 19.6 Å². The summed E-state index contributed by atoms with van der Waals surface area (Å²) in [6.45, 7) is 2.79. The average molecular weight is 531 g/mol. The zero-order chi connectivity index (χ0) is 27.1. The molecule has 2 aliphatic rings. The van der Waals surface area contributed by atoms with E-state index in [1.165, 1.54) is 11.1 Å². The lowest BCUT2D eigenvalue weighted by Crippen LogP contribution is -2.55. The van der Waals surface area contributed by atoms with Crippen molar-refractivity contribution in [1.29, 1.82) is 0 Å². The van der Waals surface area contributed by atoms with Gasteiger partial charge in [-0.25, -0.2) is 14.2 Å². The summed E-state index contributed by atoms with van der Waals surface area (Å²) < 4.78 is 94.6. The summed E-state index contributed by atoms with van der Waals surface area (Å²) >= 11 is 0. The standard InChI is InChI=1S/C20H24F7N5O4/c1-11(21)15(34)32-8-7-31-9-12(28-13(31)10-32)14(33)29-18(2)3-5-30(6-4-18)17(35)36-16(19(22,23)24)20(25,26)27/h9,11,16H,3-8,10H2,1-2H3,(H,29,33). The molecule has 1 fully saturated rings. The zero-order valence-electron chi connectivity index (χ0n) is 19.2. The number of alkyl halides is 7. The number of nitrogens with zero attached hydrogens (tertiary/aromatic N) is 4. The number of aromatic nitrogens is 2. The van der Waals surface area contributed by atoms with Gasteiger partial charge in [-0.3, -0.25) is 9.59 Å². The molecule has 1 unspecified atom stereocenters. The van der Waals surface area contributed by atoms with E-state index in [1.807, 2.05) is 0 Å². The van der Waals surface area contributed by atoms with Gasteiger partial charge in [0.1, 0.15) is 11.5 Å². The van der Waals surface area contributed by atoms with Crippen molar-refractivity contribution in [3.63, 3.8) is 0 Å². The molecule has 36 heavy (non-hydrogen) atoms. The highest BCUT2D eigenvalue weighted by Crippen LogP contribution is 2.36. The first-order valence-corrected chi connectivity index (χ1v) is 10.9. The number of rotatable bonds is 4. The van der Waals surface area contributed by atoms with E-state index < -0.39 is 48.1 Å². The molecule has 0 aliphatic carbocycles. The highest BCUT2D eigenvalue weighted by Gasteiger charge is 2.60. The van der Waals surface area contributed by atoms with Crippen molar-refractivity contribution in [3.05, 3.63) is 17.7 Å². The van der Waals surface area contributed by atoms with Crippen LogP contribution in [0.5, 0.6) is 0 Å². The number of carbonyl (C=O) groups is 3. The lowest BCUT2D eigenvalue weighted by Gasteiger charge is -2.39. The summed E-state index contributed by atoms with van der Waals surface area (Å²) in [6.07, 6.45) is -17.8. The van der Waals surface area contributed by atoms with Crippen LogP contribution >= 0.6 is 0 Å². The van der Waals surface area contributed by atoms with Gasteiger partial charge < -0.3 is 24.4 Å². The smallest absolute Gasteiger partial charge is 0.426 e. The van der Waals surface area contributed by atoms with Crippen LogP contribution in [0.25, 0.3) is 0 Å². The Morgan fingerprint density at radius 1 is 1.03 bits per heavy atom. The molecule has 1 aromatic heterocycles. The first-order valence-electron chi connectivity index (χ1n) is 10.9. The molecular weight excluding hydrogens is 507 g/mol. The van der Waals surface area contributed by atoms with Crippen LogP contribution in [0, 0.1) is 0 Å². The van der Waals surface area contributed by atoms with Crippen LogP contribution in [0.1, 0.15) is 43.0 Å². The van der Waals surface area contributed by atoms with Crippen LogP contribution < -0.4 is 5.32 Å². The number of halogens is 7. The fourth-order valence-electron chi connectivity index (χ4n) is 3.94.